The van der Waals surface area contributed by atoms with Gasteiger partial charge in [-0.05, 0) is 72.8 Å². The first-order valence-corrected chi connectivity index (χ1v) is 15.6. The number of imide groups is 1. The maximum atomic E-state index is 14.1. The molecular formula is C29H38N2O6S. The van der Waals surface area contributed by atoms with Gasteiger partial charge in [-0.2, -0.15) is 0 Å². The van der Waals surface area contributed by atoms with Gasteiger partial charge in [0, 0.05) is 31.5 Å². The zero-order valence-electron chi connectivity index (χ0n) is 22.6. The number of sulfonamides is 1. The lowest BCUT2D eigenvalue weighted by atomic mass is 9.68. The van der Waals surface area contributed by atoms with Gasteiger partial charge < -0.3 is 4.74 Å². The topological polar surface area (TPSA) is 101 Å². The Morgan fingerprint density at radius 2 is 1.79 bits per heavy atom. The van der Waals surface area contributed by atoms with Crippen molar-refractivity contribution in [3.63, 3.8) is 0 Å². The van der Waals surface area contributed by atoms with Gasteiger partial charge in [-0.1, -0.05) is 38.1 Å². The molecule has 6 rings (SSSR count). The van der Waals surface area contributed by atoms with Gasteiger partial charge in [-0.25, -0.2) is 12.7 Å². The van der Waals surface area contributed by atoms with E-state index < -0.39 is 39.5 Å². The van der Waals surface area contributed by atoms with Gasteiger partial charge in [0.05, 0.1) is 12.2 Å². The van der Waals surface area contributed by atoms with E-state index in [9.17, 15) is 22.8 Å². The number of carbonyl (C=O) groups excluding carboxylic acids is 3. The third-order valence-corrected chi connectivity index (χ3v) is 13.2. The van der Waals surface area contributed by atoms with Crippen LogP contribution in [-0.4, -0.2) is 66.4 Å². The Morgan fingerprint density at radius 1 is 1.08 bits per heavy atom. The van der Waals surface area contributed by atoms with Gasteiger partial charge in [-0.15, -0.1) is 0 Å². The predicted octanol–water partition coefficient (Wildman–Crippen LogP) is 3.18. The minimum atomic E-state index is -3.64. The number of hydrogen-bond acceptors (Lipinski definition) is 6. The molecule has 2 heterocycles. The van der Waals surface area contributed by atoms with Crippen LogP contribution in [0.4, 0.5) is 0 Å². The lowest BCUT2D eigenvalue weighted by Gasteiger charge is -2.46. The molecule has 0 aromatic heterocycles. The highest BCUT2D eigenvalue weighted by Crippen LogP contribution is 2.67. The number of benzene rings is 1. The van der Waals surface area contributed by atoms with Gasteiger partial charge in [0.1, 0.15) is 0 Å². The summed E-state index contributed by atoms with van der Waals surface area (Å²) < 4.78 is 34.9. The number of nitrogens with zero attached hydrogens (tertiary/aromatic N) is 2. The van der Waals surface area contributed by atoms with Crippen LogP contribution in [-0.2, 0) is 41.0 Å². The van der Waals surface area contributed by atoms with E-state index in [2.05, 4.69) is 38.1 Å². The Morgan fingerprint density at radius 3 is 2.47 bits per heavy atom. The molecule has 3 aliphatic carbocycles. The number of fused-ring (bicyclic) bond motifs is 4. The SMILES string of the molecule is CC(=O)OC1CC(=O)N([C@H]2CC3CC[C@]2(CS(=O)(=O)N2CCC4(CCc5ccccc54)CC2)C3(C)C)C1=O. The molecule has 4 fully saturated rings. The molecule has 2 unspecified atom stereocenters. The standard InChI is InChI=1S/C29H38N2O6S/c1-19(32)37-23-17-25(33)31(26(23)34)24-16-21-9-11-29(24,27(21,2)3)18-38(35,36)30-14-12-28(13-15-30)10-8-20-6-4-5-7-22(20)28/h4-7,21,23-24H,8-18H2,1-3H3/t21?,23?,24-,29+/m0/s1. The minimum absolute atomic E-state index is 0.0625. The summed E-state index contributed by atoms with van der Waals surface area (Å²) in [5.41, 5.74) is 1.78. The number of esters is 1. The molecule has 2 saturated heterocycles. The summed E-state index contributed by atoms with van der Waals surface area (Å²) in [6.45, 7) is 6.43. The Hall–Kier alpha value is -2.26. The average molecular weight is 543 g/mol. The van der Waals surface area contributed by atoms with Gasteiger partial charge in [0.2, 0.25) is 15.9 Å². The molecule has 2 aliphatic heterocycles. The van der Waals surface area contributed by atoms with Crippen molar-refractivity contribution in [1.29, 1.82) is 0 Å². The smallest absolute Gasteiger partial charge is 0.303 e. The lowest BCUT2D eigenvalue weighted by Crippen LogP contribution is -2.56. The van der Waals surface area contributed by atoms with E-state index >= 15 is 0 Å². The molecule has 2 saturated carbocycles. The van der Waals surface area contributed by atoms with Crippen LogP contribution in [0.2, 0.25) is 0 Å². The van der Waals surface area contributed by atoms with Crippen LogP contribution in [0, 0.1) is 16.7 Å². The number of piperidine rings is 1. The summed E-state index contributed by atoms with van der Waals surface area (Å²) >= 11 is 0. The van der Waals surface area contributed by atoms with Crippen molar-refractivity contribution in [2.24, 2.45) is 16.7 Å². The summed E-state index contributed by atoms with van der Waals surface area (Å²) in [5, 5.41) is 0. The molecule has 2 bridgehead atoms. The highest BCUT2D eigenvalue weighted by atomic mass is 32.2. The summed E-state index contributed by atoms with van der Waals surface area (Å²) in [6.07, 6.45) is 4.64. The van der Waals surface area contributed by atoms with E-state index in [0.717, 1.165) is 32.1 Å². The van der Waals surface area contributed by atoms with Crippen molar-refractivity contribution >= 4 is 27.8 Å². The number of likely N-dealkylation sites (tertiary alicyclic amines) is 1. The van der Waals surface area contributed by atoms with E-state index in [0.29, 0.717) is 25.9 Å². The van der Waals surface area contributed by atoms with E-state index in [1.807, 2.05) is 0 Å². The molecular weight excluding hydrogens is 504 g/mol. The van der Waals surface area contributed by atoms with Crippen molar-refractivity contribution in [3.8, 4) is 0 Å². The van der Waals surface area contributed by atoms with Crippen LogP contribution in [0.5, 0.6) is 0 Å². The number of aryl methyl sites for hydroxylation is 1. The third kappa shape index (κ3) is 3.64. The van der Waals surface area contributed by atoms with Crippen LogP contribution in [0.1, 0.15) is 76.8 Å². The maximum Gasteiger partial charge on any atom is 0.303 e. The second-order valence-corrected chi connectivity index (χ2v) is 14.8. The Kier molecular flexibility index (Phi) is 5.89. The Labute approximate surface area is 225 Å². The number of carbonyl (C=O) groups is 3. The first-order valence-electron chi connectivity index (χ1n) is 14.0. The van der Waals surface area contributed by atoms with Crippen LogP contribution < -0.4 is 0 Å². The van der Waals surface area contributed by atoms with Crippen molar-refractivity contribution in [1.82, 2.24) is 9.21 Å². The Bertz CT molecular complexity index is 1300. The van der Waals surface area contributed by atoms with E-state index in [1.54, 1.807) is 4.31 Å². The Balaban J connectivity index is 1.24. The summed E-state index contributed by atoms with van der Waals surface area (Å²) in [7, 11) is -3.64. The van der Waals surface area contributed by atoms with Crippen LogP contribution in [0.25, 0.3) is 0 Å². The maximum absolute atomic E-state index is 14.1. The van der Waals surface area contributed by atoms with Gasteiger partial charge >= 0.3 is 5.97 Å². The van der Waals surface area contributed by atoms with Crippen LogP contribution in [0.15, 0.2) is 24.3 Å². The summed E-state index contributed by atoms with van der Waals surface area (Å²) in [6, 6.07) is 8.07. The lowest BCUT2D eigenvalue weighted by molar-refractivity contribution is -0.157. The highest BCUT2D eigenvalue weighted by Gasteiger charge is 2.69. The van der Waals surface area contributed by atoms with Crippen molar-refractivity contribution in [3.05, 3.63) is 35.4 Å². The van der Waals surface area contributed by atoms with E-state index in [-0.39, 0.29) is 34.8 Å². The van der Waals surface area contributed by atoms with Gasteiger partial charge in [0.25, 0.3) is 5.91 Å². The van der Waals surface area contributed by atoms with E-state index in [1.165, 1.54) is 23.0 Å². The van der Waals surface area contributed by atoms with E-state index in [4.69, 9.17) is 4.74 Å². The molecule has 206 valence electrons. The molecule has 9 heteroatoms. The number of amides is 2. The molecule has 0 radical (unpaired) electrons. The quantitative estimate of drug-likeness (QED) is 0.419. The average Bonchev–Trinajstić information content (AvgIpc) is 3.49. The molecule has 1 aromatic carbocycles. The molecule has 8 nitrogen and oxygen atoms in total. The summed E-state index contributed by atoms with van der Waals surface area (Å²) in [5.74, 6) is -1.30. The van der Waals surface area contributed by atoms with Crippen molar-refractivity contribution in [2.75, 3.05) is 18.8 Å². The first kappa shape index (κ1) is 26.0. The van der Waals surface area contributed by atoms with Crippen molar-refractivity contribution < 1.29 is 27.5 Å². The zero-order chi connectivity index (χ0) is 27.1. The predicted molar refractivity (Wildman–Crippen MR) is 140 cm³/mol. The second-order valence-electron chi connectivity index (χ2n) is 12.9. The molecule has 2 amide bonds. The fourth-order valence-electron chi connectivity index (χ4n) is 8.87. The molecule has 4 atom stereocenters. The van der Waals surface area contributed by atoms with Crippen LogP contribution >= 0.6 is 0 Å². The second kappa shape index (κ2) is 8.62. The molecule has 38 heavy (non-hydrogen) atoms. The largest absolute Gasteiger partial charge is 0.452 e. The minimum Gasteiger partial charge on any atom is -0.452 e. The van der Waals surface area contributed by atoms with Gasteiger partial charge in [-0.3, -0.25) is 19.3 Å². The zero-order valence-corrected chi connectivity index (χ0v) is 23.4. The third-order valence-electron chi connectivity index (χ3n) is 11.1. The number of ether oxygens (including phenoxy) is 1. The normalized spacial score (nSPS) is 33.8. The fraction of sp³-hybridized carbons (Fsp3) is 0.690. The van der Waals surface area contributed by atoms with Gasteiger partial charge in [0.15, 0.2) is 6.10 Å². The summed E-state index contributed by atoms with van der Waals surface area (Å²) in [4.78, 5) is 39.1. The first-order chi connectivity index (χ1) is 17.9. The number of rotatable bonds is 5. The van der Waals surface area contributed by atoms with Crippen LogP contribution in [0.3, 0.4) is 0 Å². The molecule has 1 spiro atoms. The number of hydrogen-bond donors (Lipinski definition) is 0. The highest BCUT2D eigenvalue weighted by molar-refractivity contribution is 7.89. The molecule has 5 aliphatic rings. The monoisotopic (exact) mass is 542 g/mol. The molecule has 1 aromatic rings. The molecule has 0 N–H and O–H groups in total. The van der Waals surface area contributed by atoms with Crippen molar-refractivity contribution in [2.45, 2.75) is 89.7 Å². The fourth-order valence-corrected chi connectivity index (χ4v) is 11.1.